The number of halogens is 1. The van der Waals surface area contributed by atoms with Crippen molar-refractivity contribution in [3.8, 4) is 5.75 Å². The molecule has 0 bridgehead atoms. The largest absolute Gasteiger partial charge is 0.497 e. The number of carbonyl (C=O) groups is 1. The van der Waals surface area contributed by atoms with Crippen molar-refractivity contribution in [3.63, 3.8) is 0 Å². The number of benzene rings is 2. The highest BCUT2D eigenvalue weighted by Gasteiger charge is 2.32. The molecule has 180 valence electrons. The van der Waals surface area contributed by atoms with Crippen molar-refractivity contribution in [2.75, 3.05) is 25.6 Å². The van der Waals surface area contributed by atoms with Crippen molar-refractivity contribution in [2.45, 2.75) is 42.4 Å². The normalized spacial score (nSPS) is 20.8. The first-order valence-corrected chi connectivity index (χ1v) is 12.4. The van der Waals surface area contributed by atoms with E-state index in [9.17, 15) is 18.3 Å². The van der Waals surface area contributed by atoms with Crippen molar-refractivity contribution in [1.82, 2.24) is 10.0 Å². The van der Waals surface area contributed by atoms with Gasteiger partial charge in [-0.2, -0.15) is 0 Å². The first-order valence-electron chi connectivity index (χ1n) is 10.5. The van der Waals surface area contributed by atoms with E-state index in [0.717, 1.165) is 0 Å². The number of ether oxygens (including phenoxy) is 2. The molecule has 9 nitrogen and oxygen atoms in total. The van der Waals surface area contributed by atoms with Gasteiger partial charge in [-0.3, -0.25) is 0 Å². The molecule has 0 radical (unpaired) electrons. The van der Waals surface area contributed by atoms with Crippen LogP contribution < -0.4 is 20.1 Å². The van der Waals surface area contributed by atoms with Crippen molar-refractivity contribution in [3.05, 3.63) is 53.6 Å². The molecular formula is C22H28ClN3O6S. The fraction of sp³-hybridized carbons (Fsp3) is 0.409. The summed E-state index contributed by atoms with van der Waals surface area (Å²) in [5.41, 5.74) is 0.607. The van der Waals surface area contributed by atoms with Crippen molar-refractivity contribution >= 4 is 33.3 Å². The number of hydrogen-bond donors (Lipinski definition) is 4. The molecule has 1 aliphatic rings. The van der Waals surface area contributed by atoms with Crippen LogP contribution in [0.4, 0.5) is 10.5 Å². The summed E-state index contributed by atoms with van der Waals surface area (Å²) in [6.45, 7) is -0.0913. The molecule has 0 saturated carbocycles. The Hall–Kier alpha value is -2.37. The van der Waals surface area contributed by atoms with E-state index in [0.29, 0.717) is 35.7 Å². The van der Waals surface area contributed by atoms with Crippen molar-refractivity contribution in [1.29, 1.82) is 0 Å². The monoisotopic (exact) mass is 497 g/mol. The smallest absolute Gasteiger partial charge is 0.319 e. The Kier molecular flexibility index (Phi) is 8.93. The number of amides is 2. The number of urea groups is 1. The minimum atomic E-state index is -3.68. The molecule has 1 heterocycles. The minimum absolute atomic E-state index is 0.0972. The fourth-order valence-electron chi connectivity index (χ4n) is 3.59. The molecule has 3 rings (SSSR count). The number of hydrogen-bond acceptors (Lipinski definition) is 6. The number of nitrogens with one attached hydrogen (secondary N) is 3. The topological polar surface area (TPSA) is 126 Å². The second kappa shape index (κ2) is 11.7. The Bertz CT molecular complexity index is 1030. The first kappa shape index (κ1) is 25.3. The maximum atomic E-state index is 12.4. The Labute approximate surface area is 198 Å². The van der Waals surface area contributed by atoms with E-state index >= 15 is 0 Å². The third-order valence-electron chi connectivity index (χ3n) is 5.32. The van der Waals surface area contributed by atoms with Crippen LogP contribution >= 0.6 is 11.6 Å². The highest BCUT2D eigenvalue weighted by atomic mass is 35.5. The summed E-state index contributed by atoms with van der Waals surface area (Å²) in [5.74, 6) is 0.683. The zero-order valence-electron chi connectivity index (χ0n) is 18.2. The lowest BCUT2D eigenvalue weighted by Crippen LogP contribution is -2.52. The number of carbonyl (C=O) groups excluding carboxylic acids is 1. The van der Waals surface area contributed by atoms with Gasteiger partial charge in [-0.05, 0) is 61.7 Å². The van der Waals surface area contributed by atoms with Gasteiger partial charge in [0.15, 0.2) is 0 Å². The third kappa shape index (κ3) is 7.31. The lowest BCUT2D eigenvalue weighted by molar-refractivity contribution is -0.0884. The Balaban J connectivity index is 1.46. The van der Waals surface area contributed by atoms with Crippen LogP contribution in [-0.4, -0.2) is 58.1 Å². The van der Waals surface area contributed by atoms with Gasteiger partial charge < -0.3 is 25.2 Å². The minimum Gasteiger partial charge on any atom is -0.497 e. The van der Waals surface area contributed by atoms with E-state index in [1.807, 2.05) is 0 Å². The van der Waals surface area contributed by atoms with E-state index in [1.54, 1.807) is 43.5 Å². The van der Waals surface area contributed by atoms with Gasteiger partial charge in [0, 0.05) is 17.3 Å². The number of anilines is 1. The van der Waals surface area contributed by atoms with Gasteiger partial charge in [-0.15, -0.1) is 0 Å². The van der Waals surface area contributed by atoms with Crippen molar-refractivity contribution in [2.24, 2.45) is 0 Å². The molecule has 11 heteroatoms. The summed E-state index contributed by atoms with van der Waals surface area (Å²) in [4.78, 5) is 12.4. The molecule has 1 aliphatic heterocycles. The second-order valence-corrected chi connectivity index (χ2v) is 9.84. The maximum Gasteiger partial charge on any atom is 0.319 e. The van der Waals surface area contributed by atoms with Crippen LogP contribution in [-0.2, 0) is 14.8 Å². The second-order valence-electron chi connectivity index (χ2n) is 7.63. The van der Waals surface area contributed by atoms with Crippen LogP contribution in [0.3, 0.4) is 0 Å². The molecule has 0 aromatic heterocycles. The molecule has 33 heavy (non-hydrogen) atoms. The molecule has 0 spiro atoms. The lowest BCUT2D eigenvalue weighted by Gasteiger charge is -2.36. The van der Waals surface area contributed by atoms with Gasteiger partial charge >= 0.3 is 6.03 Å². The predicted octanol–water partition coefficient (Wildman–Crippen LogP) is 2.75. The average molecular weight is 498 g/mol. The van der Waals surface area contributed by atoms with Gasteiger partial charge in [0.1, 0.15) is 11.9 Å². The van der Waals surface area contributed by atoms with Gasteiger partial charge in [0.25, 0.3) is 0 Å². The number of methoxy groups -OCH3 is 1. The maximum absolute atomic E-state index is 12.4. The number of sulfonamides is 1. The quantitative estimate of drug-likeness (QED) is 0.422. The molecule has 0 aliphatic carbocycles. The zero-order valence-corrected chi connectivity index (χ0v) is 19.7. The third-order valence-corrected chi connectivity index (χ3v) is 7.02. The molecular weight excluding hydrogens is 470 g/mol. The molecule has 4 N–H and O–H groups in total. The van der Waals surface area contributed by atoms with Gasteiger partial charge in [0.05, 0.1) is 30.8 Å². The number of aliphatic hydroxyl groups is 1. The molecule has 0 unspecified atom stereocenters. The van der Waals surface area contributed by atoms with Gasteiger partial charge in [0.2, 0.25) is 10.0 Å². The number of aliphatic hydroxyl groups excluding tert-OH is 1. The highest BCUT2D eigenvalue weighted by molar-refractivity contribution is 7.89. The molecule has 1 fully saturated rings. The van der Waals surface area contributed by atoms with Crippen LogP contribution in [0.15, 0.2) is 53.4 Å². The fourth-order valence-corrected chi connectivity index (χ4v) is 4.94. The molecule has 2 amide bonds. The van der Waals surface area contributed by atoms with Gasteiger partial charge in [-0.25, -0.2) is 17.9 Å². The highest BCUT2D eigenvalue weighted by Crippen LogP contribution is 2.23. The van der Waals surface area contributed by atoms with Crippen LogP contribution in [0.5, 0.6) is 5.75 Å². The molecule has 2 aromatic rings. The van der Waals surface area contributed by atoms with Crippen LogP contribution in [0, 0.1) is 0 Å². The van der Waals surface area contributed by atoms with Crippen molar-refractivity contribution < 1.29 is 27.8 Å². The first-order chi connectivity index (χ1) is 15.8. The molecule has 3 atom stereocenters. The van der Waals surface area contributed by atoms with E-state index in [-0.39, 0.29) is 30.2 Å². The SMILES string of the molecule is COc1ccc(NC(=O)N[C@@H]2CC[C@@H](CCNS(=O)(=O)c3cccc(Cl)c3)O[C@@H]2CO)cc1. The van der Waals surface area contributed by atoms with E-state index in [4.69, 9.17) is 21.1 Å². The summed E-state index contributed by atoms with van der Waals surface area (Å²) in [5, 5.41) is 15.6. The Morgan fingerprint density at radius 3 is 2.64 bits per heavy atom. The summed E-state index contributed by atoms with van der Waals surface area (Å²) < 4.78 is 38.3. The van der Waals surface area contributed by atoms with E-state index in [2.05, 4.69) is 15.4 Å². The summed E-state index contributed by atoms with van der Waals surface area (Å²) in [6, 6.07) is 12.2. The summed E-state index contributed by atoms with van der Waals surface area (Å²) in [6.07, 6.45) is 0.804. The van der Waals surface area contributed by atoms with Crippen LogP contribution in [0.2, 0.25) is 5.02 Å². The zero-order chi connectivity index (χ0) is 23.8. The summed E-state index contributed by atoms with van der Waals surface area (Å²) >= 11 is 5.87. The van der Waals surface area contributed by atoms with E-state index in [1.165, 1.54) is 12.1 Å². The summed E-state index contributed by atoms with van der Waals surface area (Å²) in [7, 11) is -2.11. The molecule has 1 saturated heterocycles. The van der Waals surface area contributed by atoms with Gasteiger partial charge in [-0.1, -0.05) is 17.7 Å². The standard InChI is InChI=1S/C22H28ClN3O6S/c1-31-17-7-5-16(6-8-17)25-22(28)26-20-10-9-18(32-21(20)14-27)11-12-24-33(29,30)19-4-2-3-15(23)13-19/h2-8,13,18,20-21,24,27H,9-12,14H2,1H3,(H2,25,26,28)/t18-,20+,21+/m0/s1. The molecule has 2 aromatic carbocycles. The van der Waals surface area contributed by atoms with Crippen LogP contribution in [0.25, 0.3) is 0 Å². The average Bonchev–Trinajstić information content (AvgIpc) is 2.80. The Morgan fingerprint density at radius 1 is 1.21 bits per heavy atom. The Morgan fingerprint density at radius 2 is 1.97 bits per heavy atom. The number of rotatable bonds is 9. The van der Waals surface area contributed by atoms with Crippen LogP contribution in [0.1, 0.15) is 19.3 Å². The lowest BCUT2D eigenvalue weighted by atomic mass is 9.97. The predicted molar refractivity (Wildman–Crippen MR) is 125 cm³/mol. The van der Waals surface area contributed by atoms with E-state index < -0.39 is 22.2 Å².